The lowest BCUT2D eigenvalue weighted by molar-refractivity contribution is 1.19. The third-order valence-corrected chi connectivity index (χ3v) is 10.3. The molecule has 0 atom stereocenters. The van der Waals surface area contributed by atoms with Gasteiger partial charge in [0.1, 0.15) is 0 Å². The summed E-state index contributed by atoms with van der Waals surface area (Å²) < 4.78 is 0. The van der Waals surface area contributed by atoms with Crippen LogP contribution in [0.15, 0.2) is 194 Å². The maximum Gasteiger partial charge on any atom is 0.160 e. The molecule has 0 aliphatic rings. The molecule has 2 heteroatoms. The standard InChI is InChI=1S/C50H32N2/c1-3-16-34(17-4-1)49-38-22-10-7-15-33(38)27-28-45(49)48-32-47(51-50(52-48)35-18-5-2-6-19-35)44-30-29-43(40-24-12-13-25-41(40)44)46-31-36-20-8-9-21-37(36)39-23-11-14-26-42(39)46/h1-32H. The summed E-state index contributed by atoms with van der Waals surface area (Å²) in [4.78, 5) is 10.6. The van der Waals surface area contributed by atoms with Crippen molar-refractivity contribution in [3.05, 3.63) is 194 Å². The van der Waals surface area contributed by atoms with E-state index in [4.69, 9.17) is 9.97 Å². The molecule has 242 valence electrons. The molecule has 0 unspecified atom stereocenters. The van der Waals surface area contributed by atoms with E-state index in [2.05, 4.69) is 188 Å². The third-order valence-electron chi connectivity index (χ3n) is 10.3. The zero-order valence-electron chi connectivity index (χ0n) is 28.4. The fourth-order valence-electron chi connectivity index (χ4n) is 7.87. The number of hydrogen-bond acceptors (Lipinski definition) is 2. The highest BCUT2D eigenvalue weighted by molar-refractivity contribution is 6.17. The molecular weight excluding hydrogens is 629 g/mol. The van der Waals surface area contributed by atoms with E-state index in [0.29, 0.717) is 5.82 Å². The predicted molar refractivity (Wildman–Crippen MR) is 219 cm³/mol. The summed E-state index contributed by atoms with van der Waals surface area (Å²) in [5.41, 5.74) is 9.69. The molecule has 0 saturated carbocycles. The average Bonchev–Trinajstić information content (AvgIpc) is 3.23. The van der Waals surface area contributed by atoms with Crippen LogP contribution in [0.25, 0.3) is 99.2 Å². The maximum absolute atomic E-state index is 5.30. The molecule has 1 aromatic heterocycles. The highest BCUT2D eigenvalue weighted by Gasteiger charge is 2.19. The van der Waals surface area contributed by atoms with Crippen LogP contribution in [-0.4, -0.2) is 9.97 Å². The van der Waals surface area contributed by atoms with Crippen molar-refractivity contribution in [2.45, 2.75) is 0 Å². The van der Waals surface area contributed by atoms with Crippen molar-refractivity contribution in [1.82, 2.24) is 9.97 Å². The average molecular weight is 661 g/mol. The first-order chi connectivity index (χ1) is 25.8. The van der Waals surface area contributed by atoms with Crippen molar-refractivity contribution in [3.8, 4) is 56.2 Å². The molecule has 0 amide bonds. The van der Waals surface area contributed by atoms with E-state index in [1.165, 1.54) is 54.4 Å². The second kappa shape index (κ2) is 12.5. The van der Waals surface area contributed by atoms with Gasteiger partial charge in [0.15, 0.2) is 5.82 Å². The van der Waals surface area contributed by atoms with Crippen molar-refractivity contribution < 1.29 is 0 Å². The Kier molecular flexibility index (Phi) is 7.18. The summed E-state index contributed by atoms with van der Waals surface area (Å²) in [6.07, 6.45) is 0. The Morgan fingerprint density at radius 1 is 0.269 bits per heavy atom. The molecule has 0 radical (unpaired) electrons. The number of aromatic nitrogens is 2. The number of rotatable bonds is 5. The van der Waals surface area contributed by atoms with Gasteiger partial charge in [-0.3, -0.25) is 0 Å². The third kappa shape index (κ3) is 5.04. The Hall–Kier alpha value is -6.90. The van der Waals surface area contributed by atoms with Crippen LogP contribution < -0.4 is 0 Å². The molecule has 9 aromatic carbocycles. The molecule has 0 aliphatic carbocycles. The molecule has 0 N–H and O–H groups in total. The Morgan fingerprint density at radius 2 is 0.750 bits per heavy atom. The first-order valence-corrected chi connectivity index (χ1v) is 17.8. The lowest BCUT2D eigenvalue weighted by Gasteiger charge is -2.17. The SMILES string of the molecule is c1ccc(-c2nc(-c3ccc4ccccc4c3-c3ccccc3)cc(-c3ccc(-c4cc5ccccc5c5ccccc45)c4ccccc34)n2)cc1. The first kappa shape index (κ1) is 30.0. The lowest BCUT2D eigenvalue weighted by Crippen LogP contribution is -1.98. The topological polar surface area (TPSA) is 25.8 Å². The van der Waals surface area contributed by atoms with Gasteiger partial charge < -0.3 is 0 Å². The van der Waals surface area contributed by atoms with E-state index in [-0.39, 0.29) is 0 Å². The van der Waals surface area contributed by atoms with Gasteiger partial charge in [0.05, 0.1) is 11.4 Å². The normalized spacial score (nSPS) is 11.5. The highest BCUT2D eigenvalue weighted by atomic mass is 14.9. The quantitative estimate of drug-likeness (QED) is 0.172. The van der Waals surface area contributed by atoms with Crippen LogP contribution in [-0.2, 0) is 0 Å². The summed E-state index contributed by atoms with van der Waals surface area (Å²) in [6, 6.07) is 69.3. The smallest absolute Gasteiger partial charge is 0.160 e. The van der Waals surface area contributed by atoms with E-state index in [9.17, 15) is 0 Å². The van der Waals surface area contributed by atoms with Gasteiger partial charge in [-0.15, -0.1) is 0 Å². The second-order valence-electron chi connectivity index (χ2n) is 13.3. The maximum atomic E-state index is 5.30. The van der Waals surface area contributed by atoms with Crippen molar-refractivity contribution >= 4 is 43.1 Å². The minimum atomic E-state index is 0.703. The van der Waals surface area contributed by atoms with E-state index < -0.39 is 0 Å². The van der Waals surface area contributed by atoms with E-state index in [0.717, 1.165) is 39.0 Å². The zero-order valence-corrected chi connectivity index (χ0v) is 28.4. The fraction of sp³-hybridized carbons (Fsp3) is 0. The molecule has 0 spiro atoms. The van der Waals surface area contributed by atoms with E-state index in [1.54, 1.807) is 0 Å². The van der Waals surface area contributed by atoms with Crippen molar-refractivity contribution in [3.63, 3.8) is 0 Å². The molecule has 2 nitrogen and oxygen atoms in total. The van der Waals surface area contributed by atoms with Gasteiger partial charge in [-0.05, 0) is 77.5 Å². The Bertz CT molecular complexity index is 2950. The van der Waals surface area contributed by atoms with Gasteiger partial charge in [0.2, 0.25) is 0 Å². The second-order valence-corrected chi connectivity index (χ2v) is 13.3. The van der Waals surface area contributed by atoms with Gasteiger partial charge in [0, 0.05) is 16.7 Å². The summed E-state index contributed by atoms with van der Waals surface area (Å²) >= 11 is 0. The Morgan fingerprint density at radius 3 is 1.46 bits per heavy atom. The molecule has 10 rings (SSSR count). The van der Waals surface area contributed by atoms with Crippen LogP contribution in [0.1, 0.15) is 0 Å². The minimum absolute atomic E-state index is 0.703. The summed E-state index contributed by atoms with van der Waals surface area (Å²) in [5, 5.41) is 9.77. The zero-order chi connectivity index (χ0) is 34.4. The number of hydrogen-bond donors (Lipinski definition) is 0. The molecule has 0 saturated heterocycles. The van der Waals surface area contributed by atoms with Crippen molar-refractivity contribution in [2.24, 2.45) is 0 Å². The number of benzene rings is 9. The Balaban J connectivity index is 1.23. The van der Waals surface area contributed by atoms with Crippen LogP contribution in [0.4, 0.5) is 0 Å². The summed E-state index contributed by atoms with van der Waals surface area (Å²) in [5.74, 6) is 0.703. The van der Waals surface area contributed by atoms with E-state index in [1.807, 2.05) is 6.07 Å². The van der Waals surface area contributed by atoms with Crippen LogP contribution in [0.3, 0.4) is 0 Å². The number of fused-ring (bicyclic) bond motifs is 5. The fourth-order valence-corrected chi connectivity index (χ4v) is 7.87. The summed E-state index contributed by atoms with van der Waals surface area (Å²) in [6.45, 7) is 0. The lowest BCUT2D eigenvalue weighted by atomic mass is 9.88. The molecular formula is C50H32N2. The van der Waals surface area contributed by atoms with Gasteiger partial charge in [0.25, 0.3) is 0 Å². The highest BCUT2D eigenvalue weighted by Crippen LogP contribution is 2.43. The van der Waals surface area contributed by atoms with Crippen LogP contribution in [0.5, 0.6) is 0 Å². The Labute approximate surface area is 302 Å². The van der Waals surface area contributed by atoms with Crippen molar-refractivity contribution in [2.75, 3.05) is 0 Å². The van der Waals surface area contributed by atoms with Gasteiger partial charge in [-0.1, -0.05) is 182 Å². The molecule has 1 heterocycles. The monoisotopic (exact) mass is 660 g/mol. The van der Waals surface area contributed by atoms with Gasteiger partial charge >= 0.3 is 0 Å². The van der Waals surface area contributed by atoms with Gasteiger partial charge in [-0.25, -0.2) is 9.97 Å². The van der Waals surface area contributed by atoms with Gasteiger partial charge in [-0.2, -0.15) is 0 Å². The minimum Gasteiger partial charge on any atom is -0.228 e. The van der Waals surface area contributed by atoms with Crippen molar-refractivity contribution in [1.29, 1.82) is 0 Å². The molecule has 0 fully saturated rings. The summed E-state index contributed by atoms with van der Waals surface area (Å²) in [7, 11) is 0. The van der Waals surface area contributed by atoms with Crippen LogP contribution in [0, 0.1) is 0 Å². The largest absolute Gasteiger partial charge is 0.228 e. The molecule has 52 heavy (non-hydrogen) atoms. The molecule has 0 aliphatic heterocycles. The molecule has 10 aromatic rings. The first-order valence-electron chi connectivity index (χ1n) is 17.8. The molecule has 0 bridgehead atoms. The van der Waals surface area contributed by atoms with Crippen LogP contribution in [0.2, 0.25) is 0 Å². The predicted octanol–water partition coefficient (Wildman–Crippen LogP) is 13.4. The van der Waals surface area contributed by atoms with Crippen LogP contribution >= 0.6 is 0 Å². The number of nitrogens with zero attached hydrogens (tertiary/aromatic N) is 2. The van der Waals surface area contributed by atoms with E-state index >= 15 is 0 Å².